The molecule has 0 bridgehead atoms. The maximum Gasteiger partial charge on any atom is 0.409 e. The molecule has 0 aliphatic heterocycles. The van der Waals surface area contributed by atoms with Crippen LogP contribution >= 0.6 is 0 Å². The second kappa shape index (κ2) is 4.45. The molecule has 1 rings (SSSR count). The largest absolute Gasteiger partial charge is 0.410 e. The Morgan fingerprint density at radius 1 is 1.33 bits per heavy atom. The zero-order valence-electron chi connectivity index (χ0n) is 8.56. The van der Waals surface area contributed by atoms with Crippen LogP contribution in [0.2, 0.25) is 0 Å². The van der Waals surface area contributed by atoms with Gasteiger partial charge in [0.1, 0.15) is 5.75 Å². The Balaban J connectivity index is 2.92. The third kappa shape index (κ3) is 2.98. The summed E-state index contributed by atoms with van der Waals surface area (Å²) >= 11 is 0. The molecule has 1 aromatic rings. The highest BCUT2D eigenvalue weighted by molar-refractivity contribution is 5.94. The van der Waals surface area contributed by atoms with Crippen LogP contribution in [0.15, 0.2) is 24.3 Å². The monoisotopic (exact) mass is 208 g/mol. The fourth-order valence-electron chi connectivity index (χ4n) is 1.07. The minimum atomic E-state index is -0.899. The molecule has 0 saturated heterocycles. The molecule has 2 N–H and O–H groups in total. The van der Waals surface area contributed by atoms with Gasteiger partial charge in [-0.15, -0.1) is 0 Å². The van der Waals surface area contributed by atoms with E-state index in [1.165, 1.54) is 11.0 Å². The summed E-state index contributed by atoms with van der Waals surface area (Å²) < 4.78 is 4.65. The first kappa shape index (κ1) is 11.0. The first-order chi connectivity index (χ1) is 7.00. The summed E-state index contributed by atoms with van der Waals surface area (Å²) in [7, 11) is 3.29. The summed E-state index contributed by atoms with van der Waals surface area (Å²) in [4.78, 5) is 23.5. The van der Waals surface area contributed by atoms with Crippen molar-refractivity contribution in [2.24, 2.45) is 5.73 Å². The van der Waals surface area contributed by atoms with Crippen molar-refractivity contribution in [3.63, 3.8) is 0 Å². The lowest BCUT2D eigenvalue weighted by molar-refractivity contribution is 0.0827. The number of benzene rings is 1. The Kier molecular flexibility index (Phi) is 3.28. The van der Waals surface area contributed by atoms with Crippen LogP contribution in [-0.2, 0) is 0 Å². The lowest BCUT2D eigenvalue weighted by Gasteiger charge is -2.10. The van der Waals surface area contributed by atoms with Gasteiger partial charge in [0.25, 0.3) is 5.91 Å². The summed E-state index contributed by atoms with van der Waals surface area (Å²) in [5, 5.41) is 0. The van der Waals surface area contributed by atoms with E-state index in [4.69, 9.17) is 5.73 Å². The Bertz CT molecular complexity index is 388. The van der Waals surface area contributed by atoms with Crippen molar-refractivity contribution in [1.29, 1.82) is 0 Å². The minimum Gasteiger partial charge on any atom is -0.410 e. The van der Waals surface area contributed by atoms with Gasteiger partial charge in [0.05, 0.1) is 0 Å². The van der Waals surface area contributed by atoms with Gasteiger partial charge < -0.3 is 15.4 Å². The number of ether oxygens (including phenoxy) is 1. The molecule has 0 aliphatic carbocycles. The third-order valence-electron chi connectivity index (χ3n) is 1.71. The fraction of sp³-hybridized carbons (Fsp3) is 0.200. The van der Waals surface area contributed by atoms with Gasteiger partial charge in [-0.1, -0.05) is 6.07 Å². The molecule has 0 aromatic heterocycles. The predicted octanol–water partition coefficient (Wildman–Crippen LogP) is 0.846. The molecular formula is C10H12N2O3. The molecule has 2 amide bonds. The molecule has 5 nitrogen and oxygen atoms in total. The second-order valence-corrected chi connectivity index (χ2v) is 3.15. The molecule has 0 unspecified atom stereocenters. The van der Waals surface area contributed by atoms with E-state index in [9.17, 15) is 9.59 Å². The normalized spacial score (nSPS) is 9.47. The molecule has 0 radical (unpaired) electrons. The number of primary amides is 1. The first-order valence-electron chi connectivity index (χ1n) is 4.29. The maximum atomic E-state index is 11.5. The Morgan fingerprint density at radius 3 is 2.53 bits per heavy atom. The number of rotatable bonds is 2. The molecule has 0 heterocycles. The summed E-state index contributed by atoms with van der Waals surface area (Å²) in [6.45, 7) is 0. The fourth-order valence-corrected chi connectivity index (χ4v) is 1.07. The topological polar surface area (TPSA) is 72.6 Å². The van der Waals surface area contributed by atoms with Crippen molar-refractivity contribution < 1.29 is 14.3 Å². The zero-order valence-corrected chi connectivity index (χ0v) is 8.56. The van der Waals surface area contributed by atoms with E-state index in [2.05, 4.69) is 4.74 Å². The van der Waals surface area contributed by atoms with Gasteiger partial charge in [0.2, 0.25) is 0 Å². The molecule has 0 spiro atoms. The molecular weight excluding hydrogens is 196 g/mol. The van der Waals surface area contributed by atoms with Crippen LogP contribution in [0.25, 0.3) is 0 Å². The van der Waals surface area contributed by atoms with Crippen molar-refractivity contribution in [2.45, 2.75) is 0 Å². The molecule has 0 fully saturated rings. The lowest BCUT2D eigenvalue weighted by Crippen LogP contribution is -2.22. The highest BCUT2D eigenvalue weighted by Gasteiger charge is 2.09. The van der Waals surface area contributed by atoms with Crippen LogP contribution in [0.5, 0.6) is 5.75 Å². The van der Waals surface area contributed by atoms with Gasteiger partial charge in [-0.25, -0.2) is 4.79 Å². The van der Waals surface area contributed by atoms with E-state index in [1.54, 1.807) is 32.3 Å². The number of nitrogens with two attached hydrogens (primary N) is 1. The van der Waals surface area contributed by atoms with E-state index in [0.717, 1.165) is 0 Å². The van der Waals surface area contributed by atoms with Crippen molar-refractivity contribution in [3.8, 4) is 5.75 Å². The minimum absolute atomic E-state index is 0.162. The summed E-state index contributed by atoms with van der Waals surface area (Å²) in [6, 6.07) is 6.27. The molecule has 1 aromatic carbocycles. The standard InChI is InChI=1S/C10H12N2O3/c1-12(2)9(13)7-4-3-5-8(6-7)15-10(11)14/h3-6H,1-2H3,(H2,11,14). The van der Waals surface area contributed by atoms with Crippen LogP contribution in [0.4, 0.5) is 4.79 Å². The highest BCUT2D eigenvalue weighted by atomic mass is 16.5. The van der Waals surface area contributed by atoms with Crippen molar-refractivity contribution in [3.05, 3.63) is 29.8 Å². The molecule has 0 aliphatic rings. The first-order valence-corrected chi connectivity index (χ1v) is 4.29. The summed E-state index contributed by atoms with van der Waals surface area (Å²) in [5.74, 6) is 0.0973. The smallest absolute Gasteiger partial charge is 0.409 e. The molecule has 80 valence electrons. The van der Waals surface area contributed by atoms with E-state index in [0.29, 0.717) is 5.56 Å². The Labute approximate surface area is 87.4 Å². The average Bonchev–Trinajstić information content (AvgIpc) is 2.16. The Morgan fingerprint density at radius 2 is 2.00 bits per heavy atom. The highest BCUT2D eigenvalue weighted by Crippen LogP contribution is 2.14. The van der Waals surface area contributed by atoms with Crippen LogP contribution in [-0.4, -0.2) is 31.0 Å². The van der Waals surface area contributed by atoms with Gasteiger partial charge in [-0.2, -0.15) is 0 Å². The zero-order chi connectivity index (χ0) is 11.4. The van der Waals surface area contributed by atoms with Gasteiger partial charge >= 0.3 is 6.09 Å². The van der Waals surface area contributed by atoms with Crippen molar-refractivity contribution >= 4 is 12.0 Å². The maximum absolute atomic E-state index is 11.5. The number of nitrogens with zero attached hydrogens (tertiary/aromatic N) is 1. The molecule has 5 heteroatoms. The Hall–Kier alpha value is -2.04. The van der Waals surface area contributed by atoms with Gasteiger partial charge in [-0.3, -0.25) is 4.79 Å². The number of carbonyl (C=O) groups is 2. The number of amides is 2. The van der Waals surface area contributed by atoms with Crippen LogP contribution in [0.1, 0.15) is 10.4 Å². The van der Waals surface area contributed by atoms with Crippen LogP contribution < -0.4 is 10.5 Å². The quantitative estimate of drug-likeness (QED) is 0.782. The third-order valence-corrected chi connectivity index (χ3v) is 1.71. The second-order valence-electron chi connectivity index (χ2n) is 3.15. The average molecular weight is 208 g/mol. The molecule has 0 saturated carbocycles. The predicted molar refractivity (Wildman–Crippen MR) is 54.7 cm³/mol. The van der Waals surface area contributed by atoms with E-state index in [-0.39, 0.29) is 11.7 Å². The van der Waals surface area contributed by atoms with Gasteiger partial charge in [0, 0.05) is 19.7 Å². The summed E-state index contributed by atoms with van der Waals surface area (Å²) in [5.41, 5.74) is 5.30. The van der Waals surface area contributed by atoms with Gasteiger partial charge in [0.15, 0.2) is 0 Å². The number of carbonyl (C=O) groups excluding carboxylic acids is 2. The van der Waals surface area contributed by atoms with E-state index < -0.39 is 6.09 Å². The van der Waals surface area contributed by atoms with Crippen LogP contribution in [0.3, 0.4) is 0 Å². The van der Waals surface area contributed by atoms with Crippen molar-refractivity contribution in [1.82, 2.24) is 4.90 Å². The lowest BCUT2D eigenvalue weighted by atomic mass is 10.2. The molecule has 0 atom stereocenters. The van der Waals surface area contributed by atoms with Gasteiger partial charge in [-0.05, 0) is 18.2 Å². The number of hydrogen-bond acceptors (Lipinski definition) is 3. The van der Waals surface area contributed by atoms with E-state index >= 15 is 0 Å². The SMILES string of the molecule is CN(C)C(=O)c1cccc(OC(N)=O)c1. The van der Waals surface area contributed by atoms with E-state index in [1.807, 2.05) is 0 Å². The van der Waals surface area contributed by atoms with Crippen molar-refractivity contribution in [2.75, 3.05) is 14.1 Å². The summed E-state index contributed by atoms with van der Waals surface area (Å²) in [6.07, 6.45) is -0.899. The molecule has 15 heavy (non-hydrogen) atoms. The van der Waals surface area contributed by atoms with Crippen LogP contribution in [0, 0.1) is 0 Å². The number of hydrogen-bond donors (Lipinski definition) is 1.